The summed E-state index contributed by atoms with van der Waals surface area (Å²) < 4.78 is 76.6. The first-order valence-corrected chi connectivity index (χ1v) is 16.3. The lowest BCUT2D eigenvalue weighted by Crippen LogP contribution is -2.33. The smallest absolute Gasteiger partial charge is 0.404 e. The molecular formula is C35H32F3N5O3S. The highest BCUT2D eigenvalue weighted by atomic mass is 32.2. The zero-order chi connectivity index (χ0) is 33.4. The number of sulfonamides is 1. The Morgan fingerprint density at radius 1 is 0.894 bits per heavy atom. The lowest BCUT2D eigenvalue weighted by molar-refractivity contribution is -0.275. The third kappa shape index (κ3) is 8.84. The maximum atomic E-state index is 14.3. The van der Waals surface area contributed by atoms with E-state index in [0.29, 0.717) is 48.3 Å². The first kappa shape index (κ1) is 33.4. The molecule has 5 rings (SSSR count). The molecule has 0 spiro atoms. The van der Waals surface area contributed by atoms with E-state index in [1.165, 1.54) is 12.4 Å². The molecule has 0 saturated heterocycles. The van der Waals surface area contributed by atoms with Gasteiger partial charge in [-0.25, -0.2) is 8.42 Å². The zero-order valence-corrected chi connectivity index (χ0v) is 26.4. The van der Waals surface area contributed by atoms with Crippen LogP contribution in [0.5, 0.6) is 5.75 Å². The topological polar surface area (TPSA) is 101 Å². The standard InChI is InChI=1S/C35H32F3N5O3S/c1-26-8-7-12-30(20-26)31-17-18-33(32(21-31)46-35(36,37)38)47(44,45)43(19-6-5-11-27-9-3-2-4-10-27)24-34-41-40-25-42(34)23-29-15-13-28(22-39)14-16-29/h2-4,7-10,12-18,20-21,25H,5-6,11,19,23-24H2,1H3. The fourth-order valence-corrected chi connectivity index (χ4v) is 6.72. The predicted octanol–water partition coefficient (Wildman–Crippen LogP) is 7.29. The fourth-order valence-electron chi connectivity index (χ4n) is 5.19. The minimum absolute atomic E-state index is 0.0178. The highest BCUT2D eigenvalue weighted by molar-refractivity contribution is 7.89. The van der Waals surface area contributed by atoms with Crippen LogP contribution in [0.25, 0.3) is 11.1 Å². The number of unbranched alkanes of at least 4 members (excludes halogenated alkanes) is 1. The van der Waals surface area contributed by atoms with E-state index in [1.807, 2.05) is 43.3 Å². The number of ether oxygens (including phenoxy) is 1. The van der Waals surface area contributed by atoms with Crippen molar-refractivity contribution in [1.82, 2.24) is 19.1 Å². The number of hydrogen-bond donors (Lipinski definition) is 0. The van der Waals surface area contributed by atoms with Crippen LogP contribution in [0.1, 0.15) is 40.9 Å². The molecule has 8 nitrogen and oxygen atoms in total. The van der Waals surface area contributed by atoms with Crippen LogP contribution in [0.15, 0.2) is 108 Å². The zero-order valence-electron chi connectivity index (χ0n) is 25.6. The summed E-state index contributed by atoms with van der Waals surface area (Å²) in [5, 5.41) is 17.2. The Balaban J connectivity index is 1.47. The van der Waals surface area contributed by atoms with Crippen molar-refractivity contribution in [3.8, 4) is 22.9 Å². The second-order valence-corrected chi connectivity index (χ2v) is 13.0. The van der Waals surface area contributed by atoms with Gasteiger partial charge < -0.3 is 9.30 Å². The number of nitriles is 1. The van der Waals surface area contributed by atoms with Gasteiger partial charge in [0.2, 0.25) is 10.0 Å². The van der Waals surface area contributed by atoms with Crippen LogP contribution >= 0.6 is 0 Å². The van der Waals surface area contributed by atoms with Gasteiger partial charge in [-0.2, -0.15) is 9.57 Å². The monoisotopic (exact) mass is 659 g/mol. The Morgan fingerprint density at radius 3 is 2.34 bits per heavy atom. The van der Waals surface area contributed by atoms with Gasteiger partial charge in [0.25, 0.3) is 0 Å². The SMILES string of the molecule is Cc1cccc(-c2ccc(S(=O)(=O)N(CCCCc3ccccc3)Cc3nncn3Cc3ccc(C#N)cc3)c(OC(F)(F)F)c2)c1. The number of benzene rings is 4. The molecule has 0 unspecified atom stereocenters. The number of nitrogens with zero attached hydrogens (tertiary/aromatic N) is 5. The van der Waals surface area contributed by atoms with E-state index in [1.54, 1.807) is 47.0 Å². The molecule has 0 aliphatic carbocycles. The number of aryl methyl sites for hydroxylation is 2. The minimum atomic E-state index is -5.13. The van der Waals surface area contributed by atoms with Gasteiger partial charge in [-0.3, -0.25) is 0 Å². The summed E-state index contributed by atoms with van der Waals surface area (Å²) in [7, 11) is -4.54. The molecule has 0 aliphatic rings. The van der Waals surface area contributed by atoms with Gasteiger partial charge in [0.05, 0.1) is 24.7 Å². The van der Waals surface area contributed by atoms with Crippen LogP contribution < -0.4 is 4.74 Å². The summed E-state index contributed by atoms with van der Waals surface area (Å²) in [4.78, 5) is -0.604. The van der Waals surface area contributed by atoms with Gasteiger partial charge in [0, 0.05) is 6.54 Å². The number of rotatable bonds is 13. The largest absolute Gasteiger partial charge is 0.573 e. The molecule has 242 valence electrons. The van der Waals surface area contributed by atoms with Crippen molar-refractivity contribution in [2.24, 2.45) is 0 Å². The molecule has 1 aromatic heterocycles. The van der Waals surface area contributed by atoms with E-state index in [2.05, 4.69) is 21.0 Å². The molecule has 47 heavy (non-hydrogen) atoms. The third-order valence-corrected chi connectivity index (χ3v) is 9.44. The average Bonchev–Trinajstić information content (AvgIpc) is 3.48. The summed E-state index contributed by atoms with van der Waals surface area (Å²) in [6, 6.07) is 29.6. The molecule has 0 N–H and O–H groups in total. The van der Waals surface area contributed by atoms with Crippen LogP contribution in [0.2, 0.25) is 0 Å². The summed E-state index contributed by atoms with van der Waals surface area (Å²) in [6.07, 6.45) is -1.88. The Labute approximate surface area is 271 Å². The molecular weight excluding hydrogens is 627 g/mol. The predicted molar refractivity (Wildman–Crippen MR) is 171 cm³/mol. The van der Waals surface area contributed by atoms with E-state index in [-0.39, 0.29) is 13.1 Å². The summed E-state index contributed by atoms with van der Waals surface area (Å²) in [5.41, 5.74) is 4.31. The maximum Gasteiger partial charge on any atom is 0.573 e. The summed E-state index contributed by atoms with van der Waals surface area (Å²) in [5.74, 6) is -0.513. The molecule has 0 radical (unpaired) electrons. The second kappa shape index (κ2) is 14.6. The highest BCUT2D eigenvalue weighted by Crippen LogP contribution is 2.36. The summed E-state index contributed by atoms with van der Waals surface area (Å²) in [6.45, 7) is 1.92. The van der Waals surface area contributed by atoms with Crippen LogP contribution in [-0.2, 0) is 29.5 Å². The lowest BCUT2D eigenvalue weighted by Gasteiger charge is -2.24. The lowest BCUT2D eigenvalue weighted by atomic mass is 10.0. The Morgan fingerprint density at radius 2 is 1.64 bits per heavy atom. The van der Waals surface area contributed by atoms with Crippen molar-refractivity contribution < 1.29 is 26.3 Å². The average molecular weight is 660 g/mol. The number of hydrogen-bond acceptors (Lipinski definition) is 6. The van der Waals surface area contributed by atoms with Crippen LogP contribution in [0.4, 0.5) is 13.2 Å². The van der Waals surface area contributed by atoms with E-state index in [4.69, 9.17) is 5.26 Å². The molecule has 5 aromatic rings. The van der Waals surface area contributed by atoms with Gasteiger partial charge in [-0.1, -0.05) is 78.4 Å². The third-order valence-electron chi connectivity index (χ3n) is 7.55. The van der Waals surface area contributed by atoms with Crippen molar-refractivity contribution in [1.29, 1.82) is 5.26 Å². The van der Waals surface area contributed by atoms with Gasteiger partial charge in [0.15, 0.2) is 0 Å². The Bertz CT molecular complexity index is 1960. The first-order chi connectivity index (χ1) is 22.5. The van der Waals surface area contributed by atoms with Crippen molar-refractivity contribution in [3.63, 3.8) is 0 Å². The Hall–Kier alpha value is -4.99. The Kier molecular flexibility index (Phi) is 10.4. The molecule has 1 heterocycles. The van der Waals surface area contributed by atoms with E-state index < -0.39 is 27.0 Å². The van der Waals surface area contributed by atoms with Crippen molar-refractivity contribution in [2.75, 3.05) is 6.54 Å². The van der Waals surface area contributed by atoms with Crippen molar-refractivity contribution >= 4 is 10.0 Å². The van der Waals surface area contributed by atoms with Gasteiger partial charge in [-0.05, 0) is 72.7 Å². The van der Waals surface area contributed by atoms with Crippen LogP contribution in [-0.4, -0.2) is 40.4 Å². The molecule has 4 aromatic carbocycles. The summed E-state index contributed by atoms with van der Waals surface area (Å²) >= 11 is 0. The quantitative estimate of drug-likeness (QED) is 0.123. The molecule has 0 bridgehead atoms. The molecule has 0 amide bonds. The van der Waals surface area contributed by atoms with E-state index in [9.17, 15) is 21.6 Å². The van der Waals surface area contributed by atoms with E-state index >= 15 is 0 Å². The molecule has 0 fully saturated rings. The van der Waals surface area contributed by atoms with Gasteiger partial charge in [-0.15, -0.1) is 23.4 Å². The fraction of sp³-hybridized carbons (Fsp3) is 0.229. The first-order valence-electron chi connectivity index (χ1n) is 14.9. The van der Waals surface area contributed by atoms with Crippen LogP contribution in [0, 0.1) is 18.3 Å². The maximum absolute atomic E-state index is 14.3. The minimum Gasteiger partial charge on any atom is -0.404 e. The normalized spacial score (nSPS) is 11.8. The molecule has 0 aliphatic heterocycles. The van der Waals surface area contributed by atoms with Gasteiger partial charge in [0.1, 0.15) is 22.8 Å². The highest BCUT2D eigenvalue weighted by Gasteiger charge is 2.36. The molecule has 0 saturated carbocycles. The number of aromatic nitrogens is 3. The second-order valence-electron chi connectivity index (χ2n) is 11.0. The number of alkyl halides is 3. The molecule has 12 heteroatoms. The van der Waals surface area contributed by atoms with Crippen LogP contribution in [0.3, 0.4) is 0 Å². The van der Waals surface area contributed by atoms with Gasteiger partial charge >= 0.3 is 6.36 Å². The van der Waals surface area contributed by atoms with Crippen molar-refractivity contribution in [3.05, 3.63) is 131 Å². The van der Waals surface area contributed by atoms with Crippen molar-refractivity contribution in [2.45, 2.75) is 50.5 Å². The molecule has 0 atom stereocenters. The van der Waals surface area contributed by atoms with E-state index in [0.717, 1.165) is 33.1 Å². The number of halogens is 3.